The Hall–Kier alpha value is -2.41. The summed E-state index contributed by atoms with van der Waals surface area (Å²) in [7, 11) is 1.34. The van der Waals surface area contributed by atoms with Crippen molar-refractivity contribution >= 4 is 11.7 Å². The minimum absolute atomic E-state index is 0.258. The van der Waals surface area contributed by atoms with Crippen LogP contribution in [0.4, 0.5) is 5.69 Å². The first-order valence-corrected chi connectivity index (χ1v) is 8.27. The van der Waals surface area contributed by atoms with E-state index < -0.39 is 5.97 Å². The third kappa shape index (κ3) is 4.11. The predicted molar refractivity (Wildman–Crippen MR) is 91.1 cm³/mol. The summed E-state index contributed by atoms with van der Waals surface area (Å²) in [5, 5.41) is 7.77. The molecule has 3 rings (SSSR count). The Bertz CT molecular complexity index is 650. The van der Waals surface area contributed by atoms with Gasteiger partial charge >= 0.3 is 5.97 Å². The molecule has 0 radical (unpaired) electrons. The van der Waals surface area contributed by atoms with E-state index in [-0.39, 0.29) is 5.69 Å². The maximum absolute atomic E-state index is 11.3. The van der Waals surface area contributed by atoms with Crippen molar-refractivity contribution in [3.05, 3.63) is 42.2 Å². The zero-order chi connectivity index (χ0) is 16.8. The van der Waals surface area contributed by atoms with Gasteiger partial charge in [0.05, 0.1) is 13.3 Å². The van der Waals surface area contributed by atoms with Gasteiger partial charge in [-0.15, -0.1) is 5.10 Å². The van der Waals surface area contributed by atoms with E-state index in [1.54, 1.807) is 10.9 Å². The van der Waals surface area contributed by atoms with Crippen molar-refractivity contribution in [1.82, 2.24) is 19.9 Å². The fourth-order valence-corrected chi connectivity index (χ4v) is 2.93. The van der Waals surface area contributed by atoms with Crippen molar-refractivity contribution in [1.29, 1.82) is 0 Å². The van der Waals surface area contributed by atoms with E-state index in [0.29, 0.717) is 0 Å². The van der Waals surface area contributed by atoms with Crippen molar-refractivity contribution in [3.8, 4) is 0 Å². The van der Waals surface area contributed by atoms with Gasteiger partial charge in [0.2, 0.25) is 0 Å². The standard InChI is InChI=1S/C17H23N5O2/c1-24-17(23)16-14-22(19-18-16)9-5-8-20-10-12-21(13-11-20)15-6-3-2-4-7-15/h2-4,6-7,14H,5,8-13H2,1H3. The van der Waals surface area contributed by atoms with Crippen molar-refractivity contribution in [2.45, 2.75) is 13.0 Å². The summed E-state index contributed by atoms with van der Waals surface area (Å²) in [6.07, 6.45) is 2.62. The molecule has 1 saturated heterocycles. The second-order valence-corrected chi connectivity index (χ2v) is 5.88. The van der Waals surface area contributed by atoms with Crippen LogP contribution in [0.25, 0.3) is 0 Å². The number of nitrogens with zero attached hydrogens (tertiary/aromatic N) is 5. The molecule has 0 N–H and O–H groups in total. The van der Waals surface area contributed by atoms with E-state index in [1.165, 1.54) is 12.8 Å². The fourth-order valence-electron chi connectivity index (χ4n) is 2.93. The van der Waals surface area contributed by atoms with Crippen LogP contribution in [0.1, 0.15) is 16.9 Å². The minimum Gasteiger partial charge on any atom is -0.464 e. The average molecular weight is 329 g/mol. The molecule has 128 valence electrons. The van der Waals surface area contributed by atoms with Gasteiger partial charge in [-0.25, -0.2) is 4.79 Å². The maximum Gasteiger partial charge on any atom is 0.360 e. The molecular formula is C17H23N5O2. The van der Waals surface area contributed by atoms with E-state index >= 15 is 0 Å². The summed E-state index contributed by atoms with van der Waals surface area (Å²) in [5.41, 5.74) is 1.56. The normalized spacial score (nSPS) is 15.5. The van der Waals surface area contributed by atoms with Gasteiger partial charge in [0.25, 0.3) is 0 Å². The molecule has 7 heteroatoms. The van der Waals surface area contributed by atoms with Gasteiger partial charge in [-0.3, -0.25) is 9.58 Å². The number of carbonyl (C=O) groups excluding carboxylic acids is 1. The summed E-state index contributed by atoms with van der Waals surface area (Å²) < 4.78 is 6.33. The second-order valence-electron chi connectivity index (χ2n) is 5.88. The molecule has 0 saturated carbocycles. The zero-order valence-electron chi connectivity index (χ0n) is 14.0. The van der Waals surface area contributed by atoms with Gasteiger partial charge in [0.1, 0.15) is 0 Å². The van der Waals surface area contributed by atoms with Crippen molar-refractivity contribution in [2.75, 3.05) is 44.7 Å². The molecule has 0 aliphatic carbocycles. The number of esters is 1. The fraction of sp³-hybridized carbons (Fsp3) is 0.471. The van der Waals surface area contributed by atoms with Crippen molar-refractivity contribution in [3.63, 3.8) is 0 Å². The van der Waals surface area contributed by atoms with Crippen LogP contribution in [-0.2, 0) is 11.3 Å². The average Bonchev–Trinajstić information content (AvgIpc) is 3.11. The van der Waals surface area contributed by atoms with E-state index in [4.69, 9.17) is 0 Å². The molecule has 1 aromatic heterocycles. The van der Waals surface area contributed by atoms with Crippen LogP contribution >= 0.6 is 0 Å². The lowest BCUT2D eigenvalue weighted by Gasteiger charge is -2.36. The molecule has 0 spiro atoms. The Morgan fingerprint density at radius 2 is 1.88 bits per heavy atom. The highest BCUT2D eigenvalue weighted by atomic mass is 16.5. The van der Waals surface area contributed by atoms with Crippen LogP contribution in [0, 0.1) is 0 Å². The first kappa shape index (κ1) is 16.4. The molecule has 24 heavy (non-hydrogen) atoms. The zero-order valence-corrected chi connectivity index (χ0v) is 14.0. The van der Waals surface area contributed by atoms with Gasteiger partial charge < -0.3 is 9.64 Å². The number of rotatable bonds is 6. The van der Waals surface area contributed by atoms with Crippen LogP contribution in [-0.4, -0.2) is 65.7 Å². The minimum atomic E-state index is -0.446. The summed E-state index contributed by atoms with van der Waals surface area (Å²) >= 11 is 0. The second kappa shape index (κ2) is 7.92. The number of aromatic nitrogens is 3. The van der Waals surface area contributed by atoms with Gasteiger partial charge in [-0.1, -0.05) is 23.4 Å². The van der Waals surface area contributed by atoms with Crippen LogP contribution in [0.3, 0.4) is 0 Å². The number of anilines is 1. The summed E-state index contributed by atoms with van der Waals surface area (Å²) in [5.74, 6) is -0.446. The predicted octanol–water partition coefficient (Wildman–Crippen LogP) is 1.28. The molecule has 1 aliphatic heterocycles. The number of ether oxygens (including phenoxy) is 1. The molecule has 1 aliphatic rings. The Balaban J connectivity index is 1.39. The largest absolute Gasteiger partial charge is 0.464 e. The molecule has 0 amide bonds. The highest BCUT2D eigenvalue weighted by Gasteiger charge is 2.17. The summed E-state index contributed by atoms with van der Waals surface area (Å²) in [4.78, 5) is 16.2. The Kier molecular flexibility index (Phi) is 5.43. The number of hydrogen-bond donors (Lipinski definition) is 0. The van der Waals surface area contributed by atoms with Gasteiger partial charge in [0.15, 0.2) is 5.69 Å². The number of carbonyl (C=O) groups is 1. The monoisotopic (exact) mass is 329 g/mol. The third-order valence-electron chi connectivity index (χ3n) is 4.29. The number of benzene rings is 1. The van der Waals surface area contributed by atoms with Crippen molar-refractivity contribution < 1.29 is 9.53 Å². The molecule has 2 aromatic rings. The quantitative estimate of drug-likeness (QED) is 0.744. The maximum atomic E-state index is 11.3. The van der Waals surface area contributed by atoms with E-state index in [1.807, 2.05) is 0 Å². The number of hydrogen-bond acceptors (Lipinski definition) is 6. The summed E-state index contributed by atoms with van der Waals surface area (Å²) in [6.45, 7) is 6.03. The van der Waals surface area contributed by atoms with E-state index in [9.17, 15) is 4.79 Å². The lowest BCUT2D eigenvalue weighted by molar-refractivity contribution is 0.0594. The molecule has 2 heterocycles. The van der Waals surface area contributed by atoms with Crippen LogP contribution < -0.4 is 4.90 Å². The topological polar surface area (TPSA) is 63.5 Å². The van der Waals surface area contributed by atoms with Gasteiger partial charge in [0, 0.05) is 45.0 Å². The molecule has 1 aromatic carbocycles. The van der Waals surface area contributed by atoms with Crippen LogP contribution in [0.2, 0.25) is 0 Å². The molecule has 0 bridgehead atoms. The lowest BCUT2D eigenvalue weighted by atomic mass is 10.2. The molecular weight excluding hydrogens is 306 g/mol. The van der Waals surface area contributed by atoms with E-state index in [2.05, 4.69) is 55.2 Å². The highest BCUT2D eigenvalue weighted by molar-refractivity contribution is 5.86. The number of piperazine rings is 1. The Morgan fingerprint density at radius 3 is 2.58 bits per heavy atom. The molecule has 0 atom stereocenters. The number of para-hydroxylation sites is 1. The first-order chi connectivity index (χ1) is 11.8. The highest BCUT2D eigenvalue weighted by Crippen LogP contribution is 2.15. The lowest BCUT2D eigenvalue weighted by Crippen LogP contribution is -2.46. The van der Waals surface area contributed by atoms with E-state index in [0.717, 1.165) is 45.7 Å². The number of methoxy groups -OCH3 is 1. The SMILES string of the molecule is COC(=O)c1cn(CCCN2CCN(c3ccccc3)CC2)nn1. The van der Waals surface area contributed by atoms with Crippen LogP contribution in [0.5, 0.6) is 0 Å². The first-order valence-electron chi connectivity index (χ1n) is 8.27. The Morgan fingerprint density at radius 1 is 1.12 bits per heavy atom. The van der Waals surface area contributed by atoms with Gasteiger partial charge in [-0.2, -0.15) is 0 Å². The molecule has 7 nitrogen and oxygen atoms in total. The third-order valence-corrected chi connectivity index (χ3v) is 4.29. The van der Waals surface area contributed by atoms with Crippen LogP contribution in [0.15, 0.2) is 36.5 Å². The molecule has 0 unspecified atom stereocenters. The number of aryl methyl sites for hydroxylation is 1. The summed E-state index contributed by atoms with van der Waals surface area (Å²) in [6, 6.07) is 10.6. The molecule has 1 fully saturated rings. The Labute approximate surface area is 141 Å². The van der Waals surface area contributed by atoms with Gasteiger partial charge in [-0.05, 0) is 18.6 Å². The smallest absolute Gasteiger partial charge is 0.360 e. The van der Waals surface area contributed by atoms with Crippen molar-refractivity contribution in [2.24, 2.45) is 0 Å².